The minimum atomic E-state index is -1.05. The molecule has 0 radical (unpaired) electrons. The summed E-state index contributed by atoms with van der Waals surface area (Å²) in [6.07, 6.45) is 0. The summed E-state index contributed by atoms with van der Waals surface area (Å²) in [5.74, 6) is 0.116. The van der Waals surface area contributed by atoms with Crippen molar-refractivity contribution in [1.82, 2.24) is 4.31 Å². The van der Waals surface area contributed by atoms with E-state index in [9.17, 15) is 9.35 Å². The Labute approximate surface area is 82.8 Å². The van der Waals surface area contributed by atoms with Gasteiger partial charge < -0.3 is 4.55 Å². The van der Waals surface area contributed by atoms with E-state index in [0.717, 1.165) is 0 Å². The average Bonchev–Trinajstić information content (AvgIpc) is 2.57. The predicted octanol–water partition coefficient (Wildman–Crippen LogP) is 1.11. The van der Waals surface area contributed by atoms with Gasteiger partial charge in [-0.15, -0.1) is 4.31 Å². The molecule has 1 rings (SSSR count). The second kappa shape index (κ2) is 3.26. The summed E-state index contributed by atoms with van der Waals surface area (Å²) in [6.45, 7) is 9.26. The molecule has 0 aromatic heterocycles. The van der Waals surface area contributed by atoms with E-state index in [1.807, 2.05) is 27.7 Å². The molecular weight excluding hydrogens is 186 g/mol. The van der Waals surface area contributed by atoms with E-state index in [-0.39, 0.29) is 22.6 Å². The molecule has 1 aliphatic rings. The molecule has 4 heteroatoms. The van der Waals surface area contributed by atoms with Crippen LogP contribution >= 0.6 is 0 Å². The fraction of sp³-hybridized carbons (Fsp3) is 0.889. The molecule has 3 nitrogen and oxygen atoms in total. The fourth-order valence-electron chi connectivity index (χ4n) is 1.41. The highest BCUT2D eigenvalue weighted by atomic mass is 32.2. The van der Waals surface area contributed by atoms with Gasteiger partial charge >= 0.3 is 0 Å². The average molecular weight is 203 g/mol. The summed E-state index contributed by atoms with van der Waals surface area (Å²) in [7, 11) is 0. The van der Waals surface area contributed by atoms with Crippen LogP contribution in [0, 0.1) is 0 Å². The van der Waals surface area contributed by atoms with Gasteiger partial charge in [0.1, 0.15) is 10.8 Å². The molecule has 0 saturated carbocycles. The van der Waals surface area contributed by atoms with E-state index in [2.05, 4.69) is 0 Å². The highest BCUT2D eigenvalue weighted by Gasteiger charge is 2.58. The van der Waals surface area contributed by atoms with Crippen LogP contribution in [0.1, 0.15) is 34.6 Å². The minimum absolute atomic E-state index is 0.111. The van der Waals surface area contributed by atoms with Crippen LogP contribution in [0.3, 0.4) is 0 Å². The van der Waals surface area contributed by atoms with Crippen molar-refractivity contribution in [3.8, 4) is 0 Å². The topological polar surface area (TPSA) is 43.1 Å². The lowest BCUT2D eigenvalue weighted by Crippen LogP contribution is -2.35. The second-order valence-electron chi connectivity index (χ2n) is 4.52. The van der Waals surface area contributed by atoms with Gasteiger partial charge in [0.15, 0.2) is 5.78 Å². The summed E-state index contributed by atoms with van der Waals surface area (Å²) in [5.41, 5.74) is 0. The van der Waals surface area contributed by atoms with Gasteiger partial charge in [-0.2, -0.15) is 0 Å². The van der Waals surface area contributed by atoms with Gasteiger partial charge in [-0.25, -0.2) is 0 Å². The summed E-state index contributed by atoms with van der Waals surface area (Å²) in [6, 6.07) is 0.0395. The Morgan fingerprint density at radius 2 is 1.92 bits per heavy atom. The Kier molecular flexibility index (Phi) is 2.76. The summed E-state index contributed by atoms with van der Waals surface area (Å²) in [5, 5.41) is 0. The zero-order valence-electron chi connectivity index (χ0n) is 8.83. The zero-order chi connectivity index (χ0) is 10.4. The highest BCUT2D eigenvalue weighted by Crippen LogP contribution is 2.37. The Balaban J connectivity index is 2.63. The Morgan fingerprint density at radius 1 is 1.46 bits per heavy atom. The van der Waals surface area contributed by atoms with Gasteiger partial charge in [-0.05, 0) is 34.6 Å². The molecule has 4 atom stereocenters. The number of hydrogen-bond donors (Lipinski definition) is 0. The number of Topliss-reactive ketones (excluding diaryl/α,β-unsaturated/α-hetero) is 1. The molecule has 13 heavy (non-hydrogen) atoms. The lowest BCUT2D eigenvalue weighted by atomic mass is 10.3. The molecule has 1 unspecified atom stereocenters. The molecule has 0 spiro atoms. The Bertz CT molecular complexity index is 224. The van der Waals surface area contributed by atoms with E-state index in [1.54, 1.807) is 11.2 Å². The summed E-state index contributed by atoms with van der Waals surface area (Å²) in [4.78, 5) is 11.1. The first-order valence-corrected chi connectivity index (χ1v) is 5.58. The first-order valence-electron chi connectivity index (χ1n) is 4.47. The standard InChI is InChI=1S/C9H17NO2S/c1-6-8(7(2)11)10(6)13(12)9(3,4)5/h6,8H,1-5H3/t6-,8-,10?,13-/m1/s1. The van der Waals surface area contributed by atoms with Gasteiger partial charge in [-0.1, -0.05) is 0 Å². The smallest absolute Gasteiger partial charge is 0.153 e. The van der Waals surface area contributed by atoms with Crippen molar-refractivity contribution in [3.05, 3.63) is 0 Å². The van der Waals surface area contributed by atoms with E-state index in [4.69, 9.17) is 0 Å². The third-order valence-electron chi connectivity index (χ3n) is 2.17. The van der Waals surface area contributed by atoms with Crippen molar-refractivity contribution in [2.24, 2.45) is 0 Å². The van der Waals surface area contributed by atoms with Crippen molar-refractivity contribution in [2.75, 3.05) is 0 Å². The van der Waals surface area contributed by atoms with E-state index < -0.39 is 11.4 Å². The monoisotopic (exact) mass is 203 g/mol. The van der Waals surface area contributed by atoms with E-state index >= 15 is 0 Å². The van der Waals surface area contributed by atoms with Crippen molar-refractivity contribution in [1.29, 1.82) is 0 Å². The molecule has 1 heterocycles. The van der Waals surface area contributed by atoms with Crippen molar-refractivity contribution in [3.63, 3.8) is 0 Å². The number of hydrogen-bond acceptors (Lipinski definition) is 3. The van der Waals surface area contributed by atoms with Gasteiger partial charge in [0, 0.05) is 11.4 Å². The second-order valence-corrected chi connectivity index (χ2v) is 6.66. The van der Waals surface area contributed by atoms with Crippen LogP contribution in [-0.4, -0.2) is 31.5 Å². The molecule has 0 aromatic carbocycles. The fourth-order valence-corrected chi connectivity index (χ4v) is 2.94. The van der Waals surface area contributed by atoms with E-state index in [1.165, 1.54) is 0 Å². The molecule has 0 aliphatic carbocycles. The predicted molar refractivity (Wildman–Crippen MR) is 53.7 cm³/mol. The van der Waals surface area contributed by atoms with Crippen LogP contribution in [0.15, 0.2) is 0 Å². The molecule has 1 saturated heterocycles. The highest BCUT2D eigenvalue weighted by molar-refractivity contribution is 7.90. The Morgan fingerprint density at radius 3 is 2.15 bits per heavy atom. The molecular formula is C9H17NO2S. The number of carbonyl (C=O) groups is 1. The first-order chi connectivity index (χ1) is 5.76. The SMILES string of the molecule is CC(=O)[C@H]1[C@@H](C)N1[S@+]([O-])C(C)(C)C. The quantitative estimate of drug-likeness (QED) is 0.499. The van der Waals surface area contributed by atoms with Gasteiger partial charge in [-0.3, -0.25) is 4.79 Å². The molecule has 76 valence electrons. The van der Waals surface area contributed by atoms with Crippen LogP contribution in [0.2, 0.25) is 0 Å². The van der Waals surface area contributed by atoms with Gasteiger partial charge in [0.2, 0.25) is 0 Å². The molecule has 0 bridgehead atoms. The number of nitrogens with zero attached hydrogens (tertiary/aromatic N) is 1. The summed E-state index contributed by atoms with van der Waals surface area (Å²) >= 11 is -1.05. The van der Waals surface area contributed by atoms with Crippen LogP contribution in [0.4, 0.5) is 0 Å². The van der Waals surface area contributed by atoms with Crippen molar-refractivity contribution >= 4 is 17.1 Å². The molecule has 0 N–H and O–H groups in total. The first kappa shape index (κ1) is 11.0. The van der Waals surface area contributed by atoms with E-state index in [0.29, 0.717) is 0 Å². The molecule has 1 fully saturated rings. The molecule has 0 aromatic rings. The number of carbonyl (C=O) groups excluding carboxylic acids is 1. The maximum atomic E-state index is 11.8. The number of ketones is 1. The van der Waals surface area contributed by atoms with Crippen LogP contribution in [0.5, 0.6) is 0 Å². The minimum Gasteiger partial charge on any atom is -0.597 e. The normalized spacial score (nSPS) is 35.7. The van der Waals surface area contributed by atoms with Crippen LogP contribution in [-0.2, 0) is 16.2 Å². The van der Waals surface area contributed by atoms with Crippen molar-refractivity contribution < 1.29 is 9.35 Å². The molecule has 0 amide bonds. The van der Waals surface area contributed by atoms with Crippen LogP contribution in [0.25, 0.3) is 0 Å². The van der Waals surface area contributed by atoms with Crippen molar-refractivity contribution in [2.45, 2.75) is 51.4 Å². The maximum absolute atomic E-state index is 11.8. The third kappa shape index (κ3) is 2.06. The summed E-state index contributed by atoms with van der Waals surface area (Å²) < 4.78 is 13.4. The zero-order valence-corrected chi connectivity index (χ0v) is 9.64. The maximum Gasteiger partial charge on any atom is 0.153 e. The third-order valence-corrected chi connectivity index (χ3v) is 4.16. The lowest BCUT2D eigenvalue weighted by Gasteiger charge is -2.24. The van der Waals surface area contributed by atoms with Gasteiger partial charge in [0.25, 0.3) is 0 Å². The largest absolute Gasteiger partial charge is 0.597 e. The molecule has 1 aliphatic heterocycles. The Hall–Kier alpha value is -0.0600. The lowest BCUT2D eigenvalue weighted by molar-refractivity contribution is -0.117. The van der Waals surface area contributed by atoms with Crippen LogP contribution < -0.4 is 0 Å². The number of rotatable bonds is 2. The van der Waals surface area contributed by atoms with Gasteiger partial charge in [0.05, 0.1) is 6.04 Å².